The maximum Gasteiger partial charge on any atom is 0.235 e. The van der Waals surface area contributed by atoms with Gasteiger partial charge in [-0.1, -0.05) is 27.2 Å². The van der Waals surface area contributed by atoms with Crippen LogP contribution in [0.5, 0.6) is 0 Å². The number of carbonyl (C=O) groups is 1. The van der Waals surface area contributed by atoms with Gasteiger partial charge in [-0.3, -0.25) is 10.1 Å². The quantitative estimate of drug-likeness (QED) is 0.688. The van der Waals surface area contributed by atoms with E-state index in [-0.39, 0.29) is 11.6 Å². The van der Waals surface area contributed by atoms with Crippen molar-refractivity contribution in [2.45, 2.75) is 45.7 Å². The van der Waals surface area contributed by atoms with E-state index in [1.807, 2.05) is 0 Å². The molecular formula is C12H22N2O. The summed E-state index contributed by atoms with van der Waals surface area (Å²) in [6.45, 7) is 7.30. The SMILES string of the molecule is CC1CCC(C(C)C)C2(C1)NCC(=O)N2. The highest BCUT2D eigenvalue weighted by atomic mass is 16.2. The van der Waals surface area contributed by atoms with E-state index in [9.17, 15) is 4.79 Å². The second-order valence-corrected chi connectivity index (χ2v) is 5.61. The molecule has 0 radical (unpaired) electrons. The third-order valence-electron chi connectivity index (χ3n) is 4.01. The molecule has 1 spiro atoms. The van der Waals surface area contributed by atoms with Gasteiger partial charge < -0.3 is 5.32 Å². The van der Waals surface area contributed by atoms with Crippen LogP contribution >= 0.6 is 0 Å². The average molecular weight is 210 g/mol. The molecule has 3 nitrogen and oxygen atoms in total. The zero-order valence-electron chi connectivity index (χ0n) is 9.97. The highest BCUT2D eigenvalue weighted by Crippen LogP contribution is 2.40. The monoisotopic (exact) mass is 210 g/mol. The largest absolute Gasteiger partial charge is 0.337 e. The fraction of sp³-hybridized carbons (Fsp3) is 0.917. The molecular weight excluding hydrogens is 188 g/mol. The van der Waals surface area contributed by atoms with Gasteiger partial charge in [0.25, 0.3) is 0 Å². The molecule has 1 amide bonds. The van der Waals surface area contributed by atoms with Crippen LogP contribution in [-0.2, 0) is 4.79 Å². The Balaban J connectivity index is 2.19. The van der Waals surface area contributed by atoms with E-state index in [1.54, 1.807) is 0 Å². The zero-order chi connectivity index (χ0) is 11.1. The van der Waals surface area contributed by atoms with E-state index in [2.05, 4.69) is 31.4 Å². The van der Waals surface area contributed by atoms with E-state index >= 15 is 0 Å². The lowest BCUT2D eigenvalue weighted by Gasteiger charge is -2.45. The van der Waals surface area contributed by atoms with Crippen molar-refractivity contribution in [3.63, 3.8) is 0 Å². The molecule has 3 atom stereocenters. The molecule has 3 unspecified atom stereocenters. The number of hydrogen-bond donors (Lipinski definition) is 2. The Morgan fingerprint density at radius 2 is 2.13 bits per heavy atom. The fourth-order valence-electron chi connectivity index (χ4n) is 3.34. The Kier molecular flexibility index (Phi) is 2.75. The third kappa shape index (κ3) is 1.89. The molecule has 0 aromatic rings. The van der Waals surface area contributed by atoms with Crippen molar-refractivity contribution in [3.8, 4) is 0 Å². The van der Waals surface area contributed by atoms with Crippen molar-refractivity contribution in [2.75, 3.05) is 6.54 Å². The highest BCUT2D eigenvalue weighted by molar-refractivity contribution is 5.81. The first-order chi connectivity index (χ1) is 7.03. The van der Waals surface area contributed by atoms with E-state index in [1.165, 1.54) is 12.8 Å². The molecule has 2 rings (SSSR count). The molecule has 2 N–H and O–H groups in total. The molecule has 0 aromatic heterocycles. The lowest BCUT2D eigenvalue weighted by Crippen LogP contribution is -2.59. The van der Waals surface area contributed by atoms with Crippen LogP contribution in [0.4, 0.5) is 0 Å². The Hall–Kier alpha value is -0.570. The van der Waals surface area contributed by atoms with Crippen molar-refractivity contribution in [1.82, 2.24) is 10.6 Å². The lowest BCUT2D eigenvalue weighted by atomic mass is 9.70. The molecule has 86 valence electrons. The normalized spacial score (nSPS) is 41.2. The van der Waals surface area contributed by atoms with Crippen molar-refractivity contribution in [2.24, 2.45) is 17.8 Å². The molecule has 3 heteroatoms. The highest BCUT2D eigenvalue weighted by Gasteiger charge is 2.48. The maximum atomic E-state index is 11.4. The summed E-state index contributed by atoms with van der Waals surface area (Å²) in [5.74, 6) is 2.09. The molecule has 2 aliphatic rings. The minimum absolute atomic E-state index is 0.0943. The summed E-state index contributed by atoms with van der Waals surface area (Å²) < 4.78 is 0. The van der Waals surface area contributed by atoms with Crippen molar-refractivity contribution in [3.05, 3.63) is 0 Å². The minimum atomic E-state index is -0.0943. The summed E-state index contributed by atoms with van der Waals surface area (Å²) in [6.07, 6.45) is 3.61. The van der Waals surface area contributed by atoms with Crippen LogP contribution in [0.25, 0.3) is 0 Å². The predicted molar refractivity (Wildman–Crippen MR) is 60.2 cm³/mol. The van der Waals surface area contributed by atoms with Gasteiger partial charge in [0.2, 0.25) is 5.91 Å². The Morgan fingerprint density at radius 3 is 2.67 bits per heavy atom. The standard InChI is InChI=1S/C12H22N2O/c1-8(2)10-5-4-9(3)6-12(10)13-7-11(15)14-12/h8-10,13H,4-7H2,1-3H3,(H,14,15). The van der Waals surface area contributed by atoms with Crippen LogP contribution in [0.1, 0.15) is 40.0 Å². The van der Waals surface area contributed by atoms with Gasteiger partial charge in [-0.05, 0) is 30.6 Å². The fourth-order valence-corrected chi connectivity index (χ4v) is 3.34. The van der Waals surface area contributed by atoms with E-state index in [0.717, 1.165) is 6.42 Å². The van der Waals surface area contributed by atoms with Gasteiger partial charge in [0.15, 0.2) is 0 Å². The van der Waals surface area contributed by atoms with Gasteiger partial charge >= 0.3 is 0 Å². The van der Waals surface area contributed by atoms with E-state index < -0.39 is 0 Å². The number of rotatable bonds is 1. The molecule has 15 heavy (non-hydrogen) atoms. The molecule has 1 saturated heterocycles. The second kappa shape index (κ2) is 3.78. The zero-order valence-corrected chi connectivity index (χ0v) is 9.97. The molecule has 1 aliphatic heterocycles. The summed E-state index contributed by atoms with van der Waals surface area (Å²) in [4.78, 5) is 11.4. The van der Waals surface area contributed by atoms with Crippen LogP contribution in [0, 0.1) is 17.8 Å². The summed E-state index contributed by atoms with van der Waals surface area (Å²) in [6, 6.07) is 0. The van der Waals surface area contributed by atoms with Crippen LogP contribution in [-0.4, -0.2) is 18.1 Å². The van der Waals surface area contributed by atoms with Crippen LogP contribution in [0.3, 0.4) is 0 Å². The minimum Gasteiger partial charge on any atom is -0.337 e. The molecule has 0 aromatic carbocycles. The third-order valence-corrected chi connectivity index (χ3v) is 4.01. The number of amides is 1. The van der Waals surface area contributed by atoms with Gasteiger partial charge in [-0.2, -0.15) is 0 Å². The van der Waals surface area contributed by atoms with E-state index in [4.69, 9.17) is 0 Å². The Bertz CT molecular complexity index is 264. The van der Waals surface area contributed by atoms with Gasteiger partial charge in [-0.15, -0.1) is 0 Å². The molecule has 0 bridgehead atoms. The van der Waals surface area contributed by atoms with Crippen molar-refractivity contribution < 1.29 is 4.79 Å². The smallest absolute Gasteiger partial charge is 0.235 e. The maximum absolute atomic E-state index is 11.4. The summed E-state index contributed by atoms with van der Waals surface area (Å²) in [7, 11) is 0. The first-order valence-electron chi connectivity index (χ1n) is 6.09. The average Bonchev–Trinajstić information content (AvgIpc) is 2.47. The molecule has 1 saturated carbocycles. The predicted octanol–water partition coefficient (Wildman–Crippen LogP) is 1.49. The van der Waals surface area contributed by atoms with Crippen LogP contribution < -0.4 is 10.6 Å². The Labute approximate surface area is 92.0 Å². The lowest BCUT2D eigenvalue weighted by molar-refractivity contribution is -0.119. The number of nitrogens with one attached hydrogen (secondary N) is 2. The molecule has 1 aliphatic carbocycles. The van der Waals surface area contributed by atoms with E-state index in [0.29, 0.717) is 24.3 Å². The van der Waals surface area contributed by atoms with Gasteiger partial charge in [-0.25, -0.2) is 0 Å². The first-order valence-corrected chi connectivity index (χ1v) is 6.09. The van der Waals surface area contributed by atoms with Crippen molar-refractivity contribution >= 4 is 5.91 Å². The number of carbonyl (C=O) groups excluding carboxylic acids is 1. The Morgan fingerprint density at radius 1 is 1.40 bits per heavy atom. The van der Waals surface area contributed by atoms with Gasteiger partial charge in [0, 0.05) is 0 Å². The first kappa shape index (κ1) is 10.9. The summed E-state index contributed by atoms with van der Waals surface area (Å²) in [5.41, 5.74) is -0.0943. The second-order valence-electron chi connectivity index (χ2n) is 5.61. The van der Waals surface area contributed by atoms with Crippen LogP contribution in [0.15, 0.2) is 0 Å². The summed E-state index contributed by atoms with van der Waals surface area (Å²) >= 11 is 0. The van der Waals surface area contributed by atoms with Crippen molar-refractivity contribution in [1.29, 1.82) is 0 Å². The number of hydrogen-bond acceptors (Lipinski definition) is 2. The van der Waals surface area contributed by atoms with Gasteiger partial charge in [0.05, 0.1) is 12.2 Å². The molecule has 1 heterocycles. The van der Waals surface area contributed by atoms with Gasteiger partial charge in [0.1, 0.15) is 0 Å². The summed E-state index contributed by atoms with van der Waals surface area (Å²) in [5, 5.41) is 6.60. The van der Waals surface area contributed by atoms with Crippen LogP contribution in [0.2, 0.25) is 0 Å². The topological polar surface area (TPSA) is 41.1 Å². The molecule has 2 fully saturated rings.